The van der Waals surface area contributed by atoms with Crippen LogP contribution in [-0.2, 0) is 0 Å². The average molecular weight is 341 g/mol. The van der Waals surface area contributed by atoms with Gasteiger partial charge in [-0.1, -0.05) is 13.8 Å². The SMILES string of the molecule is CC1(C)CCC(O)(CNC(=O)c2cncc(Br)c2)CC1. The second-order valence-corrected chi connectivity index (χ2v) is 7.38. The molecule has 0 bridgehead atoms. The van der Waals surface area contributed by atoms with Gasteiger partial charge in [-0.15, -0.1) is 0 Å². The lowest BCUT2D eigenvalue weighted by atomic mass is 9.71. The molecule has 1 aromatic heterocycles. The summed E-state index contributed by atoms with van der Waals surface area (Å²) in [5.74, 6) is -0.197. The molecule has 0 atom stereocenters. The van der Waals surface area contributed by atoms with Gasteiger partial charge in [0.15, 0.2) is 0 Å². The molecule has 20 heavy (non-hydrogen) atoms. The Hall–Kier alpha value is -0.940. The molecule has 0 radical (unpaired) electrons. The summed E-state index contributed by atoms with van der Waals surface area (Å²) in [7, 11) is 0. The molecule has 0 aliphatic heterocycles. The van der Waals surface area contributed by atoms with E-state index in [9.17, 15) is 9.90 Å². The van der Waals surface area contributed by atoms with E-state index >= 15 is 0 Å². The normalized spacial score (nSPS) is 20.4. The van der Waals surface area contributed by atoms with Crippen LogP contribution in [0.5, 0.6) is 0 Å². The number of carbonyl (C=O) groups excluding carboxylic acids is 1. The molecule has 1 saturated carbocycles. The zero-order valence-corrected chi connectivity index (χ0v) is 13.5. The maximum atomic E-state index is 12.0. The van der Waals surface area contributed by atoms with E-state index in [-0.39, 0.29) is 5.91 Å². The fourth-order valence-corrected chi connectivity index (χ4v) is 2.82. The molecule has 0 saturated heterocycles. The summed E-state index contributed by atoms with van der Waals surface area (Å²) >= 11 is 3.29. The second kappa shape index (κ2) is 5.82. The quantitative estimate of drug-likeness (QED) is 0.889. The van der Waals surface area contributed by atoms with E-state index in [0.29, 0.717) is 17.5 Å². The second-order valence-electron chi connectivity index (χ2n) is 6.46. The van der Waals surface area contributed by atoms with Crippen LogP contribution in [0.15, 0.2) is 22.9 Å². The maximum absolute atomic E-state index is 12.0. The van der Waals surface area contributed by atoms with Crippen molar-refractivity contribution in [3.05, 3.63) is 28.5 Å². The molecule has 1 fully saturated rings. The Morgan fingerprint density at radius 2 is 2.00 bits per heavy atom. The van der Waals surface area contributed by atoms with Crippen LogP contribution in [0, 0.1) is 5.41 Å². The number of rotatable bonds is 3. The lowest BCUT2D eigenvalue weighted by molar-refractivity contribution is -0.0233. The lowest BCUT2D eigenvalue weighted by Crippen LogP contribution is -2.46. The number of hydrogen-bond acceptors (Lipinski definition) is 3. The summed E-state index contributed by atoms with van der Waals surface area (Å²) in [6, 6.07) is 1.72. The van der Waals surface area contributed by atoms with Gasteiger partial charge in [0.2, 0.25) is 0 Å². The predicted octanol–water partition coefficient (Wildman–Crippen LogP) is 2.91. The van der Waals surface area contributed by atoms with Crippen LogP contribution >= 0.6 is 15.9 Å². The van der Waals surface area contributed by atoms with Crippen molar-refractivity contribution in [2.24, 2.45) is 5.41 Å². The van der Waals surface area contributed by atoms with Gasteiger partial charge in [0.05, 0.1) is 11.2 Å². The van der Waals surface area contributed by atoms with Crippen molar-refractivity contribution < 1.29 is 9.90 Å². The van der Waals surface area contributed by atoms with Gasteiger partial charge < -0.3 is 10.4 Å². The van der Waals surface area contributed by atoms with E-state index in [1.54, 1.807) is 12.3 Å². The number of amides is 1. The van der Waals surface area contributed by atoms with Crippen LogP contribution in [0.1, 0.15) is 49.9 Å². The van der Waals surface area contributed by atoms with Crippen molar-refractivity contribution in [2.75, 3.05) is 6.54 Å². The van der Waals surface area contributed by atoms with Crippen molar-refractivity contribution in [1.29, 1.82) is 0 Å². The number of halogens is 1. The Morgan fingerprint density at radius 3 is 2.60 bits per heavy atom. The minimum atomic E-state index is -0.773. The van der Waals surface area contributed by atoms with E-state index in [4.69, 9.17) is 0 Å². The smallest absolute Gasteiger partial charge is 0.252 e. The number of hydrogen-bond donors (Lipinski definition) is 2. The Balaban J connectivity index is 1.90. The molecule has 1 amide bonds. The first kappa shape index (κ1) is 15.4. The molecule has 4 nitrogen and oxygen atoms in total. The zero-order valence-electron chi connectivity index (χ0n) is 11.9. The molecule has 110 valence electrons. The van der Waals surface area contributed by atoms with Crippen LogP contribution < -0.4 is 5.32 Å². The molecule has 1 heterocycles. The van der Waals surface area contributed by atoms with E-state index < -0.39 is 5.60 Å². The Morgan fingerprint density at radius 1 is 1.35 bits per heavy atom. The fraction of sp³-hybridized carbons (Fsp3) is 0.600. The monoisotopic (exact) mass is 340 g/mol. The van der Waals surface area contributed by atoms with Crippen LogP contribution in [-0.4, -0.2) is 28.1 Å². The van der Waals surface area contributed by atoms with Gasteiger partial charge in [0.25, 0.3) is 5.91 Å². The largest absolute Gasteiger partial charge is 0.388 e. The first-order chi connectivity index (χ1) is 9.30. The van der Waals surface area contributed by atoms with Gasteiger partial charge in [0, 0.05) is 23.4 Å². The van der Waals surface area contributed by atoms with Crippen molar-refractivity contribution >= 4 is 21.8 Å². The molecular weight excluding hydrogens is 320 g/mol. The molecule has 1 aliphatic carbocycles. The summed E-state index contributed by atoms with van der Waals surface area (Å²) in [5.41, 5.74) is 0.0221. The molecule has 0 unspecified atom stereocenters. The first-order valence-electron chi connectivity index (χ1n) is 6.91. The fourth-order valence-electron chi connectivity index (χ4n) is 2.45. The number of carbonyl (C=O) groups is 1. The Kier molecular flexibility index (Phi) is 4.49. The topological polar surface area (TPSA) is 62.2 Å². The molecule has 0 spiro atoms. The first-order valence-corrected chi connectivity index (χ1v) is 7.70. The predicted molar refractivity (Wildman–Crippen MR) is 81.5 cm³/mol. The third-order valence-corrected chi connectivity index (χ3v) is 4.51. The number of nitrogens with zero attached hydrogens (tertiary/aromatic N) is 1. The van der Waals surface area contributed by atoms with Crippen molar-refractivity contribution in [1.82, 2.24) is 10.3 Å². The third-order valence-electron chi connectivity index (χ3n) is 4.08. The van der Waals surface area contributed by atoms with Crippen molar-refractivity contribution in [2.45, 2.75) is 45.1 Å². The highest BCUT2D eigenvalue weighted by Crippen LogP contribution is 2.39. The van der Waals surface area contributed by atoms with Gasteiger partial charge in [0.1, 0.15) is 0 Å². The van der Waals surface area contributed by atoms with Crippen LogP contribution in [0.4, 0.5) is 0 Å². The summed E-state index contributed by atoms with van der Waals surface area (Å²) in [6.45, 7) is 4.74. The van der Waals surface area contributed by atoms with Crippen LogP contribution in [0.25, 0.3) is 0 Å². The number of nitrogens with one attached hydrogen (secondary N) is 1. The summed E-state index contributed by atoms with van der Waals surface area (Å²) < 4.78 is 0.767. The molecule has 1 aromatic rings. The number of aliphatic hydroxyl groups is 1. The lowest BCUT2D eigenvalue weighted by Gasteiger charge is -2.40. The van der Waals surface area contributed by atoms with E-state index in [0.717, 1.165) is 30.2 Å². The molecule has 2 rings (SSSR count). The zero-order chi connectivity index (χ0) is 14.8. The van der Waals surface area contributed by atoms with Gasteiger partial charge in [-0.05, 0) is 53.1 Å². The highest BCUT2D eigenvalue weighted by molar-refractivity contribution is 9.10. The van der Waals surface area contributed by atoms with Gasteiger partial charge in [-0.25, -0.2) is 0 Å². The molecule has 0 aromatic carbocycles. The van der Waals surface area contributed by atoms with Crippen LogP contribution in [0.3, 0.4) is 0 Å². The van der Waals surface area contributed by atoms with E-state index in [2.05, 4.69) is 40.1 Å². The summed E-state index contributed by atoms with van der Waals surface area (Å²) in [5, 5.41) is 13.3. The molecule has 1 aliphatic rings. The van der Waals surface area contributed by atoms with Crippen molar-refractivity contribution in [3.63, 3.8) is 0 Å². The molecule has 5 heteroatoms. The summed E-state index contributed by atoms with van der Waals surface area (Å²) in [4.78, 5) is 16.0. The maximum Gasteiger partial charge on any atom is 0.252 e. The third kappa shape index (κ3) is 4.03. The van der Waals surface area contributed by atoms with Gasteiger partial charge in [-0.2, -0.15) is 0 Å². The minimum absolute atomic E-state index is 0.197. The molecular formula is C15H21BrN2O2. The highest BCUT2D eigenvalue weighted by atomic mass is 79.9. The number of pyridine rings is 1. The minimum Gasteiger partial charge on any atom is -0.388 e. The average Bonchev–Trinajstić information content (AvgIpc) is 2.40. The summed E-state index contributed by atoms with van der Waals surface area (Å²) in [6.07, 6.45) is 6.59. The number of aromatic nitrogens is 1. The van der Waals surface area contributed by atoms with E-state index in [1.165, 1.54) is 6.20 Å². The Labute approximate surface area is 128 Å². The standard InChI is InChI=1S/C15H21BrN2O2/c1-14(2)3-5-15(20,6-4-14)10-18-13(19)11-7-12(16)9-17-8-11/h7-9,20H,3-6,10H2,1-2H3,(H,18,19). The van der Waals surface area contributed by atoms with Crippen LogP contribution in [0.2, 0.25) is 0 Å². The van der Waals surface area contributed by atoms with E-state index in [1.807, 2.05) is 0 Å². The molecule has 2 N–H and O–H groups in total. The Bertz CT molecular complexity index is 492. The van der Waals surface area contributed by atoms with Gasteiger partial charge >= 0.3 is 0 Å². The highest BCUT2D eigenvalue weighted by Gasteiger charge is 2.36. The van der Waals surface area contributed by atoms with Gasteiger partial charge in [-0.3, -0.25) is 9.78 Å². The van der Waals surface area contributed by atoms with Crippen molar-refractivity contribution in [3.8, 4) is 0 Å².